The monoisotopic (exact) mass is 444 g/mol. The molecule has 0 fully saturated rings. The Morgan fingerprint density at radius 2 is 1.11 bits per heavy atom. The van der Waals surface area contributed by atoms with Gasteiger partial charge >= 0.3 is 103 Å². The maximum atomic E-state index is 10.8. The van der Waals surface area contributed by atoms with Crippen LogP contribution in [0.15, 0.2) is 12.2 Å². The van der Waals surface area contributed by atoms with Gasteiger partial charge in [-0.25, -0.2) is 0 Å². The van der Waals surface area contributed by atoms with Crippen molar-refractivity contribution >= 4 is 11.9 Å². The van der Waals surface area contributed by atoms with Gasteiger partial charge in [0.05, 0.1) is 0 Å². The van der Waals surface area contributed by atoms with Crippen LogP contribution in [0.4, 0.5) is 0 Å². The number of aliphatic carboxylic acids is 2. The first-order chi connectivity index (χ1) is 12.6. The fraction of sp³-hybridized carbons (Fsp3) is 0.818. The van der Waals surface area contributed by atoms with Crippen LogP contribution in [-0.2, 0) is 9.59 Å². The van der Waals surface area contributed by atoms with Crippen molar-refractivity contribution in [3.05, 3.63) is 12.2 Å². The molecule has 0 aliphatic rings. The van der Waals surface area contributed by atoms with E-state index in [1.54, 1.807) is 6.08 Å². The second kappa shape index (κ2) is 27.0. The first kappa shape index (κ1) is 34.6. The van der Waals surface area contributed by atoms with E-state index in [9.17, 15) is 19.8 Å². The van der Waals surface area contributed by atoms with E-state index in [2.05, 4.69) is 6.92 Å². The largest absolute Gasteiger partial charge is 1.00 e. The minimum Gasteiger partial charge on any atom is -0.550 e. The van der Waals surface area contributed by atoms with Gasteiger partial charge in [0, 0.05) is 17.9 Å². The van der Waals surface area contributed by atoms with E-state index in [0.29, 0.717) is 0 Å². The summed E-state index contributed by atoms with van der Waals surface area (Å²) in [5, 5.41) is 21.2. The van der Waals surface area contributed by atoms with Gasteiger partial charge in [0.2, 0.25) is 0 Å². The number of allylic oxidation sites excluding steroid dienone is 1. The molecular formula is C22H38K2O4. The van der Waals surface area contributed by atoms with Gasteiger partial charge in [-0.2, -0.15) is 0 Å². The van der Waals surface area contributed by atoms with E-state index in [-0.39, 0.29) is 103 Å². The number of carbonyl (C=O) groups is 2. The first-order valence-electron chi connectivity index (χ1n) is 10.6. The van der Waals surface area contributed by atoms with Crippen molar-refractivity contribution in [3.63, 3.8) is 0 Å². The molecule has 1 unspecified atom stereocenters. The normalized spacial score (nSPS) is 11.6. The maximum Gasteiger partial charge on any atom is 1.00 e. The molecule has 6 heteroatoms. The zero-order chi connectivity index (χ0) is 19.5. The van der Waals surface area contributed by atoms with Crippen LogP contribution in [0.3, 0.4) is 0 Å². The summed E-state index contributed by atoms with van der Waals surface area (Å²) in [7, 11) is 0. The van der Waals surface area contributed by atoms with Crippen LogP contribution in [0.2, 0.25) is 0 Å². The number of carboxylic acid groups (broad SMARTS) is 2. The van der Waals surface area contributed by atoms with Crippen molar-refractivity contribution in [2.75, 3.05) is 0 Å². The second-order valence-electron chi connectivity index (χ2n) is 7.31. The quantitative estimate of drug-likeness (QED) is 0.130. The first-order valence-corrected chi connectivity index (χ1v) is 10.6. The molecule has 0 aliphatic carbocycles. The van der Waals surface area contributed by atoms with E-state index in [1.807, 2.05) is 0 Å². The van der Waals surface area contributed by atoms with Crippen molar-refractivity contribution in [2.45, 2.75) is 110 Å². The predicted molar refractivity (Wildman–Crippen MR) is 102 cm³/mol. The van der Waals surface area contributed by atoms with Gasteiger partial charge in [-0.05, 0) is 19.3 Å². The van der Waals surface area contributed by atoms with Gasteiger partial charge in [-0.3, -0.25) is 0 Å². The summed E-state index contributed by atoms with van der Waals surface area (Å²) in [6.07, 6.45) is 21.8. The molecule has 0 amide bonds. The van der Waals surface area contributed by atoms with Gasteiger partial charge in [-0.1, -0.05) is 103 Å². The molecule has 0 bridgehead atoms. The van der Waals surface area contributed by atoms with Crippen molar-refractivity contribution in [1.82, 2.24) is 0 Å². The van der Waals surface area contributed by atoms with Crippen LogP contribution in [0, 0.1) is 5.92 Å². The zero-order valence-corrected chi connectivity index (χ0v) is 24.9. The summed E-state index contributed by atoms with van der Waals surface area (Å²) in [5.74, 6) is -3.79. The molecule has 0 rings (SSSR count). The standard InChI is InChI=1S/C22H40O4.2K/c1-2-3-4-5-6-7-8-9-10-11-12-13-14-15-16-17-18-20(22(25)26)19-21(23)24;;/h17-18,20H,2-16,19H2,1H3,(H,23,24)(H,25,26);;/q;2*+1/p-2. The number of hydrogen-bond acceptors (Lipinski definition) is 4. The third kappa shape index (κ3) is 26.0. The molecule has 1 atom stereocenters. The molecule has 0 saturated heterocycles. The average Bonchev–Trinajstić information content (AvgIpc) is 2.59. The molecule has 4 nitrogen and oxygen atoms in total. The maximum absolute atomic E-state index is 10.8. The molecule has 0 radical (unpaired) electrons. The fourth-order valence-electron chi connectivity index (χ4n) is 3.13. The summed E-state index contributed by atoms with van der Waals surface area (Å²) >= 11 is 0. The van der Waals surface area contributed by atoms with Crippen LogP contribution in [-0.4, -0.2) is 11.9 Å². The molecular weight excluding hydrogens is 406 g/mol. The van der Waals surface area contributed by atoms with E-state index in [1.165, 1.54) is 83.1 Å². The van der Waals surface area contributed by atoms with Crippen LogP contribution < -0.4 is 113 Å². The molecule has 28 heavy (non-hydrogen) atoms. The minimum absolute atomic E-state index is 0. The van der Waals surface area contributed by atoms with E-state index in [4.69, 9.17) is 0 Å². The Hall–Kier alpha value is 1.95. The Labute approximate surface area is 257 Å². The van der Waals surface area contributed by atoms with Crippen LogP contribution in [0.25, 0.3) is 0 Å². The Kier molecular flexibility index (Phi) is 33.3. The van der Waals surface area contributed by atoms with Crippen molar-refractivity contribution < 1.29 is 123 Å². The molecule has 0 aromatic carbocycles. The van der Waals surface area contributed by atoms with Crippen LogP contribution in [0.1, 0.15) is 110 Å². The van der Waals surface area contributed by atoms with E-state index < -0.39 is 24.3 Å². The van der Waals surface area contributed by atoms with E-state index >= 15 is 0 Å². The topological polar surface area (TPSA) is 80.3 Å². The van der Waals surface area contributed by atoms with Gasteiger partial charge in [-0.15, -0.1) is 0 Å². The molecule has 0 spiro atoms. The molecule has 0 aromatic heterocycles. The average molecular weight is 445 g/mol. The number of carbonyl (C=O) groups excluding carboxylic acids is 2. The molecule has 0 aliphatic heterocycles. The number of rotatable bonds is 19. The Morgan fingerprint density at radius 1 is 0.714 bits per heavy atom. The van der Waals surface area contributed by atoms with Crippen LogP contribution in [0.5, 0.6) is 0 Å². The van der Waals surface area contributed by atoms with Gasteiger partial charge < -0.3 is 19.8 Å². The molecule has 0 N–H and O–H groups in total. The third-order valence-corrected chi connectivity index (χ3v) is 4.78. The molecule has 0 aromatic rings. The smallest absolute Gasteiger partial charge is 0.550 e. The fourth-order valence-corrected chi connectivity index (χ4v) is 3.13. The molecule has 0 heterocycles. The van der Waals surface area contributed by atoms with E-state index in [0.717, 1.165) is 19.3 Å². The summed E-state index contributed by atoms with van der Waals surface area (Å²) < 4.78 is 0. The van der Waals surface area contributed by atoms with Crippen LogP contribution >= 0.6 is 0 Å². The van der Waals surface area contributed by atoms with Gasteiger partial charge in [0.25, 0.3) is 0 Å². The summed E-state index contributed by atoms with van der Waals surface area (Å²) in [5.41, 5.74) is 0. The Balaban J connectivity index is -0.00000312. The predicted octanol–water partition coefficient (Wildman–Crippen LogP) is -2.07. The molecule has 152 valence electrons. The number of hydrogen-bond donors (Lipinski definition) is 0. The Morgan fingerprint density at radius 3 is 1.46 bits per heavy atom. The third-order valence-electron chi connectivity index (χ3n) is 4.78. The number of carboxylic acids is 2. The SMILES string of the molecule is CCCCCCCCCCCCCCCCC=CC(CC(=O)[O-])C(=O)[O-].[K+].[K+]. The second-order valence-corrected chi connectivity index (χ2v) is 7.31. The van der Waals surface area contributed by atoms with Crippen molar-refractivity contribution in [2.24, 2.45) is 5.92 Å². The summed E-state index contributed by atoms with van der Waals surface area (Å²) in [6.45, 7) is 2.25. The molecule has 0 saturated carbocycles. The summed E-state index contributed by atoms with van der Waals surface area (Å²) in [6, 6.07) is 0. The summed E-state index contributed by atoms with van der Waals surface area (Å²) in [4.78, 5) is 21.2. The van der Waals surface area contributed by atoms with Gasteiger partial charge in [0.1, 0.15) is 0 Å². The zero-order valence-electron chi connectivity index (χ0n) is 18.7. The minimum atomic E-state index is -1.36. The number of unbranched alkanes of at least 4 members (excludes halogenated alkanes) is 14. The van der Waals surface area contributed by atoms with Crippen molar-refractivity contribution in [1.29, 1.82) is 0 Å². The Bertz CT molecular complexity index is 387. The van der Waals surface area contributed by atoms with Crippen molar-refractivity contribution in [3.8, 4) is 0 Å². The van der Waals surface area contributed by atoms with Gasteiger partial charge in [0.15, 0.2) is 0 Å².